The summed E-state index contributed by atoms with van der Waals surface area (Å²) in [6.45, 7) is 10.3. The Morgan fingerprint density at radius 1 is 1.24 bits per heavy atom. The molecule has 1 unspecified atom stereocenters. The van der Waals surface area contributed by atoms with Gasteiger partial charge in [-0.3, -0.25) is 9.48 Å². The van der Waals surface area contributed by atoms with Crippen molar-refractivity contribution in [3.8, 4) is 0 Å². The largest absolute Gasteiger partial charge is 0.293 e. The van der Waals surface area contributed by atoms with Crippen LogP contribution in [-0.4, -0.2) is 42.5 Å². The molecule has 0 saturated carbocycles. The number of hydrogen-bond donors (Lipinski definition) is 0. The maximum Gasteiger partial charge on any atom is 0.191 e. The van der Waals surface area contributed by atoms with Crippen LogP contribution in [0.1, 0.15) is 35.7 Å². The average Bonchev–Trinajstić information content (AvgIpc) is 3.05. The van der Waals surface area contributed by atoms with E-state index in [4.69, 9.17) is 0 Å². The van der Waals surface area contributed by atoms with Crippen molar-refractivity contribution in [3.63, 3.8) is 0 Å². The van der Waals surface area contributed by atoms with Crippen LogP contribution < -0.4 is 5.32 Å². The molecule has 0 spiro atoms. The van der Waals surface area contributed by atoms with E-state index in [2.05, 4.69) is 30.0 Å². The van der Waals surface area contributed by atoms with Crippen molar-refractivity contribution in [2.75, 3.05) is 0 Å². The van der Waals surface area contributed by atoms with Gasteiger partial charge >= 0.3 is 0 Å². The van der Waals surface area contributed by atoms with Gasteiger partial charge < -0.3 is 0 Å². The van der Waals surface area contributed by atoms with Gasteiger partial charge in [0.2, 0.25) is 0 Å². The molecule has 0 aliphatic carbocycles. The maximum absolute atomic E-state index is 12.9. The number of carbonyl (C=O) groups is 1. The summed E-state index contributed by atoms with van der Waals surface area (Å²) in [5, 5.41) is 7.99. The Labute approximate surface area is 149 Å². The number of carbonyl (C=O) groups excluding carboxylic acids is 1. The Balaban J connectivity index is 2.01. The topological polar surface area (TPSA) is 81.9 Å². The monoisotopic (exact) mass is 377 g/mol. The lowest BCUT2D eigenvalue weighted by atomic mass is 9.94. The Hall–Kier alpha value is -1.80. The second kappa shape index (κ2) is 5.88. The van der Waals surface area contributed by atoms with Gasteiger partial charge in [0.25, 0.3) is 0 Å². The molecule has 2 heterocycles. The molecule has 2 aromatic rings. The molecule has 1 aliphatic rings. The van der Waals surface area contributed by atoms with Gasteiger partial charge in [-0.1, -0.05) is 50.8 Å². The lowest BCUT2D eigenvalue weighted by Crippen LogP contribution is -2.38. The van der Waals surface area contributed by atoms with Crippen LogP contribution in [0.15, 0.2) is 29.3 Å². The van der Waals surface area contributed by atoms with Gasteiger partial charge in [0.05, 0.1) is 16.8 Å². The number of aromatic nitrogens is 3. The molecule has 0 saturated heterocycles. The predicted octanol–water partition coefficient (Wildman–Crippen LogP) is 1.99. The zero-order valence-corrected chi connectivity index (χ0v) is 17.0. The minimum Gasteiger partial charge on any atom is -0.293 e. The maximum atomic E-state index is 12.9. The third-order valence-corrected chi connectivity index (χ3v) is 8.39. The SMILES string of the molecule is CC(C)c1cccc2c1C(=O)C(Cn1cc([Si](C)(C)C)nn1)S2(=O)=O. The third kappa shape index (κ3) is 2.97. The number of ketones is 1. The molecular formula is C17H23N3O3SSi. The van der Waals surface area contributed by atoms with Gasteiger partial charge in [0.15, 0.2) is 15.6 Å². The number of benzene rings is 1. The van der Waals surface area contributed by atoms with Gasteiger partial charge in [-0.05, 0) is 17.5 Å². The van der Waals surface area contributed by atoms with Crippen molar-refractivity contribution in [3.05, 3.63) is 35.5 Å². The summed E-state index contributed by atoms with van der Waals surface area (Å²) in [4.78, 5) is 13.1. The number of hydrogen-bond acceptors (Lipinski definition) is 5. The van der Waals surface area contributed by atoms with E-state index >= 15 is 0 Å². The number of Topliss-reactive ketones (excluding diaryl/α,β-unsaturated/α-hetero) is 1. The van der Waals surface area contributed by atoms with Crippen LogP contribution in [0.5, 0.6) is 0 Å². The highest BCUT2D eigenvalue weighted by Gasteiger charge is 2.46. The first-order valence-corrected chi connectivity index (χ1v) is 13.4. The molecule has 0 fully saturated rings. The fraction of sp³-hybridized carbons (Fsp3) is 0.471. The zero-order valence-electron chi connectivity index (χ0n) is 15.1. The molecule has 25 heavy (non-hydrogen) atoms. The van der Waals surface area contributed by atoms with E-state index in [9.17, 15) is 13.2 Å². The van der Waals surface area contributed by atoms with Crippen LogP contribution in [-0.2, 0) is 16.4 Å². The smallest absolute Gasteiger partial charge is 0.191 e. The summed E-state index contributed by atoms with van der Waals surface area (Å²) in [6.07, 6.45) is 1.78. The van der Waals surface area contributed by atoms with Crippen molar-refractivity contribution in [2.45, 2.75) is 56.1 Å². The van der Waals surface area contributed by atoms with Crippen LogP contribution in [0.25, 0.3) is 0 Å². The molecule has 1 atom stereocenters. The van der Waals surface area contributed by atoms with Gasteiger partial charge in [-0.25, -0.2) is 8.42 Å². The molecule has 8 heteroatoms. The summed E-state index contributed by atoms with van der Waals surface area (Å²) in [6, 6.07) is 5.07. The standard InChI is InChI=1S/C17H23N3O3SSi/c1-11(2)12-7-6-8-13-16(12)17(21)14(24(13,22)23)9-20-10-15(18-19-20)25(3,4)5/h6-8,10-11,14H,9H2,1-5H3. The van der Waals surface area contributed by atoms with Gasteiger partial charge in [0.1, 0.15) is 13.3 Å². The van der Waals surface area contributed by atoms with E-state index in [0.717, 1.165) is 10.9 Å². The zero-order chi connectivity index (χ0) is 18.6. The van der Waals surface area contributed by atoms with Crippen molar-refractivity contribution >= 4 is 29.0 Å². The van der Waals surface area contributed by atoms with Crippen LogP contribution in [0.2, 0.25) is 19.6 Å². The summed E-state index contributed by atoms with van der Waals surface area (Å²) in [5.41, 5.74) is 1.14. The summed E-state index contributed by atoms with van der Waals surface area (Å²) in [7, 11) is -5.34. The minimum absolute atomic E-state index is 0.00482. The number of nitrogens with zero attached hydrogens (tertiary/aromatic N) is 3. The first-order chi connectivity index (χ1) is 11.5. The van der Waals surface area contributed by atoms with Gasteiger partial charge in [0, 0.05) is 11.8 Å². The summed E-state index contributed by atoms with van der Waals surface area (Å²) < 4.78 is 27.3. The van der Waals surface area contributed by atoms with E-state index in [1.807, 2.05) is 19.9 Å². The highest BCUT2D eigenvalue weighted by molar-refractivity contribution is 7.93. The van der Waals surface area contributed by atoms with Crippen molar-refractivity contribution < 1.29 is 13.2 Å². The highest BCUT2D eigenvalue weighted by Crippen LogP contribution is 2.36. The summed E-state index contributed by atoms with van der Waals surface area (Å²) >= 11 is 0. The molecule has 6 nitrogen and oxygen atoms in total. The predicted molar refractivity (Wildman–Crippen MR) is 98.8 cm³/mol. The normalized spacial score (nSPS) is 19.4. The molecule has 1 aliphatic heterocycles. The van der Waals surface area contributed by atoms with Crippen LogP contribution in [0.3, 0.4) is 0 Å². The Kier molecular flexibility index (Phi) is 4.23. The first-order valence-electron chi connectivity index (χ1n) is 8.35. The van der Waals surface area contributed by atoms with Crippen molar-refractivity contribution in [1.29, 1.82) is 0 Å². The fourth-order valence-corrected chi connectivity index (χ4v) is 5.77. The lowest BCUT2D eigenvalue weighted by molar-refractivity contribution is 0.0982. The number of sulfone groups is 1. The molecule has 1 aromatic heterocycles. The quantitative estimate of drug-likeness (QED) is 0.761. The molecule has 134 valence electrons. The third-order valence-electron chi connectivity index (χ3n) is 4.56. The Bertz CT molecular complexity index is 942. The highest BCUT2D eigenvalue weighted by atomic mass is 32.2. The van der Waals surface area contributed by atoms with E-state index in [1.54, 1.807) is 12.3 Å². The second-order valence-electron chi connectivity index (χ2n) is 7.85. The fourth-order valence-electron chi connectivity index (χ4n) is 3.07. The summed E-state index contributed by atoms with van der Waals surface area (Å²) in [5.74, 6) is -0.248. The number of fused-ring (bicyclic) bond motifs is 1. The lowest BCUT2D eigenvalue weighted by Gasteiger charge is -2.11. The first kappa shape index (κ1) is 18.0. The Morgan fingerprint density at radius 2 is 1.92 bits per heavy atom. The van der Waals surface area contributed by atoms with E-state index < -0.39 is 23.2 Å². The molecule has 0 bridgehead atoms. The molecule has 0 radical (unpaired) electrons. The van der Waals surface area contributed by atoms with E-state index in [0.29, 0.717) is 5.56 Å². The van der Waals surface area contributed by atoms with Crippen LogP contribution >= 0.6 is 0 Å². The molecule has 1 aromatic carbocycles. The minimum atomic E-state index is -3.70. The van der Waals surface area contributed by atoms with Crippen molar-refractivity contribution in [2.24, 2.45) is 0 Å². The van der Waals surface area contributed by atoms with Crippen molar-refractivity contribution in [1.82, 2.24) is 15.0 Å². The molecule has 0 N–H and O–H groups in total. The number of rotatable bonds is 4. The Morgan fingerprint density at radius 3 is 2.48 bits per heavy atom. The van der Waals surface area contributed by atoms with Gasteiger partial charge in [-0.2, -0.15) is 0 Å². The molecule has 0 amide bonds. The second-order valence-corrected chi connectivity index (χ2v) is 15.0. The van der Waals surface area contributed by atoms with Gasteiger partial charge in [-0.15, -0.1) is 5.10 Å². The van der Waals surface area contributed by atoms with E-state index in [-0.39, 0.29) is 23.1 Å². The van der Waals surface area contributed by atoms with Crippen LogP contribution in [0.4, 0.5) is 0 Å². The molecular weight excluding hydrogens is 354 g/mol. The average molecular weight is 378 g/mol. The molecule has 3 rings (SSSR count). The van der Waals surface area contributed by atoms with E-state index in [1.165, 1.54) is 10.7 Å². The van der Waals surface area contributed by atoms with Crippen LogP contribution in [0, 0.1) is 0 Å².